The number of fused-ring (bicyclic) bond motifs is 1. The summed E-state index contributed by atoms with van der Waals surface area (Å²) < 4.78 is 4.92. The van der Waals surface area contributed by atoms with Gasteiger partial charge in [0.2, 0.25) is 0 Å². The number of thioether (sulfide) groups is 1. The van der Waals surface area contributed by atoms with Gasteiger partial charge in [0.05, 0.1) is 11.7 Å². The highest BCUT2D eigenvalue weighted by Gasteiger charge is 2.26. The molecule has 5 heteroatoms. The molecule has 0 aromatic heterocycles. The molecule has 1 N–H and O–H groups in total. The Hall–Kier alpha value is -1.85. The molecule has 0 unspecified atom stereocenters. The first-order valence-corrected chi connectivity index (χ1v) is 7.74. The number of hydrogen-bond donors (Lipinski definition) is 1. The van der Waals surface area contributed by atoms with E-state index >= 15 is 0 Å². The van der Waals surface area contributed by atoms with Gasteiger partial charge < -0.3 is 9.84 Å². The Morgan fingerprint density at radius 3 is 2.90 bits per heavy atom. The predicted octanol–water partition coefficient (Wildman–Crippen LogP) is 2.24. The van der Waals surface area contributed by atoms with Crippen molar-refractivity contribution in [2.75, 3.05) is 19.0 Å². The molecule has 0 saturated carbocycles. The van der Waals surface area contributed by atoms with Crippen LogP contribution >= 0.6 is 11.8 Å². The van der Waals surface area contributed by atoms with E-state index in [-0.39, 0.29) is 19.2 Å². The zero-order chi connectivity index (χ0) is 14.7. The first-order chi connectivity index (χ1) is 10.3. The summed E-state index contributed by atoms with van der Waals surface area (Å²) in [6, 6.07) is 13.8. The second kappa shape index (κ2) is 6.28. The van der Waals surface area contributed by atoms with Crippen molar-refractivity contribution in [3.8, 4) is 0 Å². The molecular weight excluding hydrogens is 286 g/mol. The number of esters is 1. The Morgan fingerprint density at radius 2 is 2.10 bits per heavy atom. The highest BCUT2D eigenvalue weighted by molar-refractivity contribution is 8.14. The van der Waals surface area contributed by atoms with Gasteiger partial charge in [-0.3, -0.25) is 4.99 Å². The number of hydrogen-bond acceptors (Lipinski definition) is 5. The van der Waals surface area contributed by atoms with Crippen LogP contribution in [0.4, 0.5) is 0 Å². The van der Waals surface area contributed by atoms with Crippen molar-refractivity contribution in [2.24, 2.45) is 4.99 Å². The average Bonchev–Trinajstić information content (AvgIpc) is 3.02. The molecule has 0 amide bonds. The molecule has 3 rings (SSSR count). The van der Waals surface area contributed by atoms with E-state index in [2.05, 4.69) is 29.3 Å². The molecule has 0 saturated heterocycles. The number of rotatable bonds is 4. The summed E-state index contributed by atoms with van der Waals surface area (Å²) in [5, 5.41) is 11.9. The zero-order valence-corrected chi connectivity index (χ0v) is 12.2. The van der Waals surface area contributed by atoms with Gasteiger partial charge in [0.15, 0.2) is 6.04 Å². The zero-order valence-electron chi connectivity index (χ0n) is 11.4. The van der Waals surface area contributed by atoms with Crippen LogP contribution in [0.2, 0.25) is 0 Å². The van der Waals surface area contributed by atoms with E-state index in [0.717, 1.165) is 16.0 Å². The van der Waals surface area contributed by atoms with Crippen LogP contribution in [-0.4, -0.2) is 41.1 Å². The van der Waals surface area contributed by atoms with Crippen molar-refractivity contribution in [3.63, 3.8) is 0 Å². The van der Waals surface area contributed by atoms with Gasteiger partial charge in [0.1, 0.15) is 6.61 Å². The minimum Gasteiger partial charge on any atom is -0.462 e. The first-order valence-electron chi connectivity index (χ1n) is 6.75. The number of aliphatic hydroxyl groups excluding tert-OH is 1. The third-order valence-electron chi connectivity index (χ3n) is 3.26. The van der Waals surface area contributed by atoms with Gasteiger partial charge in [-0.2, -0.15) is 0 Å². The average molecular weight is 301 g/mol. The minimum atomic E-state index is -0.469. The van der Waals surface area contributed by atoms with Crippen LogP contribution in [0.15, 0.2) is 47.5 Å². The van der Waals surface area contributed by atoms with E-state index in [1.54, 1.807) is 11.8 Å². The van der Waals surface area contributed by atoms with E-state index in [0.29, 0.717) is 5.75 Å². The SMILES string of the molecule is O=C(OCCO)[C@H]1CSC(c2ccc3ccccc3c2)=N1. The maximum atomic E-state index is 11.7. The summed E-state index contributed by atoms with van der Waals surface area (Å²) in [4.78, 5) is 16.2. The smallest absolute Gasteiger partial charge is 0.331 e. The monoisotopic (exact) mass is 301 g/mol. The lowest BCUT2D eigenvalue weighted by atomic mass is 10.1. The Balaban J connectivity index is 1.81. The maximum absolute atomic E-state index is 11.7. The number of benzene rings is 2. The molecule has 0 spiro atoms. The quantitative estimate of drug-likeness (QED) is 0.880. The molecule has 2 aromatic rings. The molecule has 4 nitrogen and oxygen atoms in total. The number of carbonyl (C=O) groups excluding carboxylic acids is 1. The minimum absolute atomic E-state index is 0.0286. The van der Waals surface area contributed by atoms with Gasteiger partial charge in [0.25, 0.3) is 0 Å². The molecule has 1 aliphatic heterocycles. The molecule has 108 valence electrons. The van der Waals surface area contributed by atoms with Crippen molar-refractivity contribution in [2.45, 2.75) is 6.04 Å². The lowest BCUT2D eigenvalue weighted by Gasteiger charge is -2.05. The Morgan fingerprint density at radius 1 is 1.29 bits per heavy atom. The van der Waals surface area contributed by atoms with Gasteiger partial charge in [-0.1, -0.05) is 36.4 Å². The molecule has 1 aliphatic rings. The van der Waals surface area contributed by atoms with E-state index in [9.17, 15) is 4.79 Å². The lowest BCUT2D eigenvalue weighted by Crippen LogP contribution is -2.22. The third kappa shape index (κ3) is 3.09. The largest absolute Gasteiger partial charge is 0.462 e. The number of nitrogens with zero attached hydrogens (tertiary/aromatic N) is 1. The van der Waals surface area contributed by atoms with E-state index in [1.807, 2.05) is 18.2 Å². The van der Waals surface area contributed by atoms with Crippen LogP contribution in [0.5, 0.6) is 0 Å². The number of ether oxygens (including phenoxy) is 1. The Bertz CT molecular complexity index is 699. The molecule has 0 aliphatic carbocycles. The fraction of sp³-hybridized carbons (Fsp3) is 0.250. The highest BCUT2D eigenvalue weighted by atomic mass is 32.2. The van der Waals surface area contributed by atoms with Crippen molar-refractivity contribution >= 4 is 33.5 Å². The van der Waals surface area contributed by atoms with Crippen molar-refractivity contribution in [1.29, 1.82) is 0 Å². The number of aliphatic hydroxyl groups is 1. The molecule has 0 radical (unpaired) electrons. The molecule has 0 bridgehead atoms. The van der Waals surface area contributed by atoms with Crippen molar-refractivity contribution in [1.82, 2.24) is 0 Å². The molecular formula is C16H15NO3S. The number of aliphatic imine (C=N–C) groups is 1. The fourth-order valence-corrected chi connectivity index (χ4v) is 3.24. The summed E-state index contributed by atoms with van der Waals surface area (Å²) >= 11 is 1.56. The van der Waals surface area contributed by atoms with Crippen molar-refractivity contribution in [3.05, 3.63) is 48.0 Å². The standard InChI is InChI=1S/C16H15NO3S/c18-7-8-20-16(19)14-10-21-15(17-14)13-6-5-11-3-1-2-4-12(11)9-13/h1-6,9,14,18H,7-8,10H2/t14-/m1/s1. The Labute approximate surface area is 126 Å². The lowest BCUT2D eigenvalue weighted by molar-refractivity contribution is -0.145. The predicted molar refractivity (Wildman–Crippen MR) is 84.8 cm³/mol. The van der Waals surface area contributed by atoms with Gasteiger partial charge in [-0.05, 0) is 16.8 Å². The molecule has 1 atom stereocenters. The normalized spacial score (nSPS) is 17.8. The van der Waals surface area contributed by atoms with Crippen LogP contribution in [-0.2, 0) is 9.53 Å². The molecule has 0 fully saturated rings. The maximum Gasteiger partial charge on any atom is 0.331 e. The summed E-state index contributed by atoms with van der Waals surface area (Å²) in [5.74, 6) is 0.221. The van der Waals surface area contributed by atoms with Crippen LogP contribution in [0.1, 0.15) is 5.56 Å². The summed E-state index contributed by atoms with van der Waals surface area (Å²) in [5.41, 5.74) is 1.02. The number of carbonyl (C=O) groups is 1. The molecule has 2 aromatic carbocycles. The van der Waals surface area contributed by atoms with E-state index in [1.165, 1.54) is 5.39 Å². The second-order valence-corrected chi connectivity index (χ2v) is 5.72. The first kappa shape index (κ1) is 14.1. The summed E-state index contributed by atoms with van der Waals surface area (Å²) in [7, 11) is 0. The van der Waals surface area contributed by atoms with Crippen molar-refractivity contribution < 1.29 is 14.6 Å². The third-order valence-corrected chi connectivity index (χ3v) is 4.35. The van der Waals surface area contributed by atoms with Crippen LogP contribution in [0.25, 0.3) is 10.8 Å². The topological polar surface area (TPSA) is 58.9 Å². The van der Waals surface area contributed by atoms with Crippen LogP contribution < -0.4 is 0 Å². The summed E-state index contributed by atoms with van der Waals surface area (Å²) in [6.07, 6.45) is 0. The van der Waals surface area contributed by atoms with Gasteiger partial charge in [-0.15, -0.1) is 11.8 Å². The van der Waals surface area contributed by atoms with Crippen LogP contribution in [0.3, 0.4) is 0 Å². The van der Waals surface area contributed by atoms with Gasteiger partial charge >= 0.3 is 5.97 Å². The van der Waals surface area contributed by atoms with E-state index in [4.69, 9.17) is 9.84 Å². The fourth-order valence-electron chi connectivity index (χ4n) is 2.22. The van der Waals surface area contributed by atoms with E-state index < -0.39 is 6.04 Å². The molecule has 21 heavy (non-hydrogen) atoms. The second-order valence-electron chi connectivity index (χ2n) is 4.71. The van der Waals surface area contributed by atoms with Gasteiger partial charge in [-0.25, -0.2) is 4.79 Å². The highest BCUT2D eigenvalue weighted by Crippen LogP contribution is 2.26. The summed E-state index contributed by atoms with van der Waals surface area (Å²) in [6.45, 7) is -0.131. The van der Waals surface area contributed by atoms with Crippen LogP contribution in [0, 0.1) is 0 Å². The Kier molecular flexibility index (Phi) is 4.22. The van der Waals surface area contributed by atoms with Gasteiger partial charge in [0, 0.05) is 11.3 Å². The molecule has 1 heterocycles.